The van der Waals surface area contributed by atoms with Crippen LogP contribution in [0.3, 0.4) is 0 Å². The molecule has 0 saturated heterocycles. The number of anilines is 1. The van der Waals surface area contributed by atoms with Crippen molar-refractivity contribution in [2.45, 2.75) is 25.6 Å². The van der Waals surface area contributed by atoms with Crippen molar-refractivity contribution in [3.05, 3.63) is 69.7 Å². The lowest BCUT2D eigenvalue weighted by Gasteiger charge is -2.48. The molecule has 10 heteroatoms. The molecular weight excluding hydrogens is 528 g/mol. The molecule has 7 nitrogen and oxygen atoms in total. The van der Waals surface area contributed by atoms with Gasteiger partial charge in [0.2, 0.25) is 5.91 Å². The highest BCUT2D eigenvalue weighted by Crippen LogP contribution is 2.50. The molecule has 33 heavy (non-hydrogen) atoms. The quantitative estimate of drug-likeness (QED) is 0.517. The van der Waals surface area contributed by atoms with E-state index in [4.69, 9.17) is 21.4 Å². The summed E-state index contributed by atoms with van der Waals surface area (Å²) in [6, 6.07) is 10.1. The Bertz CT molecular complexity index is 1160. The molecule has 2 heterocycles. The number of nitrogens with zero attached hydrogens (tertiary/aromatic N) is 3. The summed E-state index contributed by atoms with van der Waals surface area (Å²) in [5.41, 5.74) is 1.97. The van der Waals surface area contributed by atoms with Crippen molar-refractivity contribution < 1.29 is 14.3 Å². The van der Waals surface area contributed by atoms with E-state index in [0.717, 1.165) is 0 Å². The Morgan fingerprint density at radius 1 is 1.36 bits per heavy atom. The summed E-state index contributed by atoms with van der Waals surface area (Å²) < 4.78 is 6.33. The second-order valence-corrected chi connectivity index (χ2v) is 9.64. The standard InChI is InChI=1S/C23H22BrClN4O3S/c1-4-10-33-23-26-21(31)19-14-8-6-7-9-17(14)28(18(30)5-2)22(29(19)27-23)15-11-13(25)12-16(24)20(15)32-3/h4,6-9,11-12,19,22H,1,5,10H2,2-3H3,(H,26,27,31)/t19-,22+/m1/s1. The number of benzene rings is 2. The minimum Gasteiger partial charge on any atom is -0.495 e. The SMILES string of the molecule is C=CCSC1=NN2[C@@H](C(=O)N1)c1ccccc1N(C(=O)CC)[C@@H]2c1cc(Cl)cc(Br)c1OC. The number of fused-ring (bicyclic) bond motifs is 3. The molecule has 0 unspecified atom stereocenters. The van der Waals surface area contributed by atoms with Gasteiger partial charge in [0.05, 0.1) is 17.3 Å². The number of para-hydroxylation sites is 1. The first kappa shape index (κ1) is 23.7. The summed E-state index contributed by atoms with van der Waals surface area (Å²) in [6.07, 6.45) is 1.24. The fourth-order valence-electron chi connectivity index (χ4n) is 4.06. The third kappa shape index (κ3) is 4.25. The van der Waals surface area contributed by atoms with Crippen LogP contribution in [0.5, 0.6) is 5.75 Å². The number of hydrogen-bond donors (Lipinski definition) is 1. The summed E-state index contributed by atoms with van der Waals surface area (Å²) in [5, 5.41) is 10.2. The fraction of sp³-hybridized carbons (Fsp3) is 0.261. The van der Waals surface area contributed by atoms with Crippen LogP contribution < -0.4 is 15.0 Å². The number of halogens is 2. The van der Waals surface area contributed by atoms with E-state index in [1.165, 1.54) is 11.8 Å². The van der Waals surface area contributed by atoms with Gasteiger partial charge in [-0.1, -0.05) is 54.6 Å². The molecule has 2 aromatic rings. The first-order valence-electron chi connectivity index (χ1n) is 10.3. The molecule has 172 valence electrons. The second kappa shape index (κ2) is 9.79. The van der Waals surface area contributed by atoms with Crippen molar-refractivity contribution >= 4 is 62.0 Å². The number of hydrogen-bond acceptors (Lipinski definition) is 6. The van der Waals surface area contributed by atoms with Gasteiger partial charge in [-0.3, -0.25) is 19.5 Å². The van der Waals surface area contributed by atoms with E-state index in [1.54, 1.807) is 42.2 Å². The smallest absolute Gasteiger partial charge is 0.255 e. The van der Waals surface area contributed by atoms with Crippen molar-refractivity contribution in [2.24, 2.45) is 5.10 Å². The predicted octanol–water partition coefficient (Wildman–Crippen LogP) is 5.23. The van der Waals surface area contributed by atoms with Gasteiger partial charge in [0.15, 0.2) is 17.4 Å². The number of methoxy groups -OCH3 is 1. The maximum atomic E-state index is 13.3. The second-order valence-electron chi connectivity index (χ2n) is 7.34. The van der Waals surface area contributed by atoms with Gasteiger partial charge in [-0.25, -0.2) is 0 Å². The molecule has 2 aromatic carbocycles. The maximum Gasteiger partial charge on any atom is 0.255 e. The number of amidine groups is 1. The molecule has 4 rings (SSSR count). The molecule has 1 N–H and O–H groups in total. The van der Waals surface area contributed by atoms with Crippen LogP contribution in [0.15, 0.2) is 58.6 Å². The van der Waals surface area contributed by atoms with Gasteiger partial charge in [0, 0.05) is 28.3 Å². The molecule has 2 aliphatic heterocycles. The fourth-order valence-corrected chi connectivity index (χ4v) is 5.66. The number of rotatable bonds is 5. The number of amides is 2. The van der Waals surface area contributed by atoms with Crippen LogP contribution in [0.4, 0.5) is 5.69 Å². The predicted molar refractivity (Wildman–Crippen MR) is 135 cm³/mol. The lowest BCUT2D eigenvalue weighted by atomic mass is 9.94. The van der Waals surface area contributed by atoms with E-state index >= 15 is 0 Å². The Hall–Kier alpha value is -2.49. The van der Waals surface area contributed by atoms with Gasteiger partial charge < -0.3 is 10.1 Å². The lowest BCUT2D eigenvalue weighted by molar-refractivity contribution is -0.130. The summed E-state index contributed by atoms with van der Waals surface area (Å²) in [5.74, 6) is 0.740. The summed E-state index contributed by atoms with van der Waals surface area (Å²) in [4.78, 5) is 28.3. The Morgan fingerprint density at radius 3 is 2.82 bits per heavy atom. The molecule has 0 fully saturated rings. The van der Waals surface area contributed by atoms with Gasteiger partial charge in [0.1, 0.15) is 5.75 Å². The van der Waals surface area contributed by atoms with Crippen LogP contribution in [0.2, 0.25) is 5.02 Å². The summed E-state index contributed by atoms with van der Waals surface area (Å²) in [7, 11) is 1.55. The van der Waals surface area contributed by atoms with Gasteiger partial charge in [-0.2, -0.15) is 0 Å². The van der Waals surface area contributed by atoms with Gasteiger partial charge in [-0.05, 0) is 34.1 Å². The van der Waals surface area contributed by atoms with E-state index in [2.05, 4.69) is 27.8 Å². The topological polar surface area (TPSA) is 74.2 Å². The highest BCUT2D eigenvalue weighted by atomic mass is 79.9. The third-order valence-electron chi connectivity index (χ3n) is 5.36. The van der Waals surface area contributed by atoms with E-state index < -0.39 is 12.2 Å². The molecule has 2 aliphatic rings. The average Bonchev–Trinajstić information content (AvgIpc) is 2.80. The summed E-state index contributed by atoms with van der Waals surface area (Å²) in [6.45, 7) is 5.54. The van der Waals surface area contributed by atoms with Crippen molar-refractivity contribution in [1.29, 1.82) is 0 Å². The molecule has 0 saturated carbocycles. The van der Waals surface area contributed by atoms with Crippen LogP contribution in [-0.4, -0.2) is 34.9 Å². The average molecular weight is 550 g/mol. The van der Waals surface area contributed by atoms with E-state index in [0.29, 0.717) is 43.0 Å². The van der Waals surface area contributed by atoms with E-state index in [9.17, 15) is 9.59 Å². The molecule has 2 atom stereocenters. The van der Waals surface area contributed by atoms with Crippen molar-refractivity contribution in [1.82, 2.24) is 10.3 Å². The highest BCUT2D eigenvalue weighted by Gasteiger charge is 2.48. The molecule has 0 aliphatic carbocycles. The van der Waals surface area contributed by atoms with Gasteiger partial charge in [-0.15, -0.1) is 11.7 Å². The maximum absolute atomic E-state index is 13.3. The van der Waals surface area contributed by atoms with Crippen molar-refractivity contribution in [3.8, 4) is 5.75 Å². The number of hydrazone groups is 1. The van der Waals surface area contributed by atoms with Gasteiger partial charge in [0.25, 0.3) is 5.91 Å². The monoisotopic (exact) mass is 548 g/mol. The number of carbonyl (C=O) groups excluding carboxylic acids is 2. The van der Waals surface area contributed by atoms with Crippen LogP contribution in [-0.2, 0) is 9.59 Å². The third-order valence-corrected chi connectivity index (χ3v) is 7.03. The Morgan fingerprint density at radius 2 is 2.12 bits per heavy atom. The first-order chi connectivity index (χ1) is 15.9. The number of nitrogens with one attached hydrogen (secondary N) is 1. The van der Waals surface area contributed by atoms with Crippen molar-refractivity contribution in [2.75, 3.05) is 17.8 Å². The molecule has 0 bridgehead atoms. The van der Waals surface area contributed by atoms with E-state index in [1.807, 2.05) is 24.3 Å². The Kier molecular flexibility index (Phi) is 7.02. The zero-order valence-corrected chi connectivity index (χ0v) is 21.2. The number of carbonyl (C=O) groups is 2. The van der Waals surface area contributed by atoms with Crippen LogP contribution in [0.1, 0.15) is 36.7 Å². The van der Waals surface area contributed by atoms with Crippen molar-refractivity contribution in [3.63, 3.8) is 0 Å². The number of ether oxygens (including phenoxy) is 1. The lowest BCUT2D eigenvalue weighted by Crippen LogP contribution is -2.55. The normalized spacial score (nSPS) is 19.3. The van der Waals surface area contributed by atoms with Crippen LogP contribution in [0.25, 0.3) is 0 Å². The van der Waals surface area contributed by atoms with Crippen LogP contribution >= 0.6 is 39.3 Å². The minimum atomic E-state index is -0.757. The molecular formula is C23H22BrClN4O3S. The highest BCUT2D eigenvalue weighted by molar-refractivity contribution is 9.10. The zero-order chi connectivity index (χ0) is 23.7. The van der Waals surface area contributed by atoms with E-state index in [-0.39, 0.29) is 18.2 Å². The number of thioether (sulfide) groups is 1. The molecule has 2 amide bonds. The Labute approximate surface area is 209 Å². The molecule has 0 radical (unpaired) electrons. The largest absolute Gasteiger partial charge is 0.495 e. The minimum absolute atomic E-state index is 0.120. The molecule has 0 spiro atoms. The Balaban J connectivity index is 2.01. The van der Waals surface area contributed by atoms with Gasteiger partial charge >= 0.3 is 0 Å². The molecule has 0 aromatic heterocycles. The zero-order valence-electron chi connectivity index (χ0n) is 18.0. The first-order valence-corrected chi connectivity index (χ1v) is 12.4. The summed E-state index contributed by atoms with van der Waals surface area (Å²) >= 11 is 11.3. The van der Waals surface area contributed by atoms with Crippen LogP contribution in [0, 0.1) is 0 Å².